The number of carbonyl (C=O) groups is 1. The summed E-state index contributed by atoms with van der Waals surface area (Å²) >= 11 is 1.93. The fraction of sp³-hybridized carbons (Fsp3) is 0.667. The predicted octanol–water partition coefficient (Wildman–Crippen LogP) is 1.45. The van der Waals surface area contributed by atoms with Crippen LogP contribution in [0.15, 0.2) is 6.33 Å². The molecule has 4 rings (SSSR count). The number of rotatable bonds is 2. The van der Waals surface area contributed by atoms with Crippen LogP contribution in [0.1, 0.15) is 24.1 Å². The van der Waals surface area contributed by atoms with Gasteiger partial charge in [-0.15, -0.1) is 0 Å². The van der Waals surface area contributed by atoms with Gasteiger partial charge >= 0.3 is 5.97 Å². The van der Waals surface area contributed by atoms with Crippen molar-refractivity contribution in [2.24, 2.45) is 5.92 Å². The van der Waals surface area contributed by atoms with Crippen molar-refractivity contribution in [2.45, 2.75) is 30.4 Å². The van der Waals surface area contributed by atoms with E-state index in [1.165, 1.54) is 24.8 Å². The zero-order chi connectivity index (χ0) is 14.4. The van der Waals surface area contributed by atoms with Crippen LogP contribution >= 0.6 is 11.8 Å². The van der Waals surface area contributed by atoms with Gasteiger partial charge in [-0.1, -0.05) is 0 Å². The lowest BCUT2D eigenvalue weighted by Gasteiger charge is -2.50. The summed E-state index contributed by atoms with van der Waals surface area (Å²) < 4.78 is 5.03. The Kier molecular flexibility index (Phi) is 3.10. The molecule has 21 heavy (non-hydrogen) atoms. The van der Waals surface area contributed by atoms with Crippen molar-refractivity contribution in [3.63, 3.8) is 0 Å². The monoisotopic (exact) mass is 305 g/mol. The van der Waals surface area contributed by atoms with E-state index in [1.807, 2.05) is 11.8 Å². The highest BCUT2D eigenvalue weighted by Gasteiger charge is 2.56. The zero-order valence-electron chi connectivity index (χ0n) is 12.2. The first-order valence-corrected chi connectivity index (χ1v) is 8.51. The molecule has 2 aliphatic heterocycles. The van der Waals surface area contributed by atoms with Crippen LogP contribution in [0, 0.1) is 5.92 Å². The van der Waals surface area contributed by atoms with E-state index in [0.717, 1.165) is 43.9 Å². The average Bonchev–Trinajstić information content (AvgIpc) is 3.10. The molecule has 1 spiro atoms. The molecule has 1 aliphatic carbocycles. The summed E-state index contributed by atoms with van der Waals surface area (Å²) in [6.45, 7) is 1.81. The van der Waals surface area contributed by atoms with Gasteiger partial charge in [-0.2, -0.15) is 11.8 Å². The standard InChI is InChI=1S/C15H19N3O2S/c1-20-14(19)11-5-6-21-15(11)7-18(8-15)13-10-3-2-4-12(10)16-9-17-13/h9,11H,2-8H2,1H3. The molecule has 1 unspecified atom stereocenters. The molecule has 0 amide bonds. The highest BCUT2D eigenvalue weighted by molar-refractivity contribution is 8.01. The number of aryl methyl sites for hydroxylation is 1. The number of hydrogen-bond acceptors (Lipinski definition) is 6. The van der Waals surface area contributed by atoms with Gasteiger partial charge < -0.3 is 9.64 Å². The van der Waals surface area contributed by atoms with E-state index in [1.54, 1.807) is 6.33 Å². The van der Waals surface area contributed by atoms with Gasteiger partial charge in [-0.05, 0) is 31.4 Å². The Morgan fingerprint density at radius 3 is 3.10 bits per heavy atom. The molecule has 0 aromatic carbocycles. The highest BCUT2D eigenvalue weighted by Crippen LogP contribution is 2.51. The van der Waals surface area contributed by atoms with Crippen LogP contribution in [0.3, 0.4) is 0 Å². The van der Waals surface area contributed by atoms with E-state index in [-0.39, 0.29) is 16.6 Å². The van der Waals surface area contributed by atoms with E-state index < -0.39 is 0 Å². The second kappa shape index (κ2) is 4.87. The van der Waals surface area contributed by atoms with Crippen LogP contribution in [0.4, 0.5) is 5.82 Å². The van der Waals surface area contributed by atoms with Crippen molar-refractivity contribution in [2.75, 3.05) is 30.9 Å². The second-order valence-corrected chi connectivity index (χ2v) is 7.62. The molecular formula is C15H19N3O2S. The number of hydrogen-bond donors (Lipinski definition) is 0. The third kappa shape index (κ3) is 1.95. The lowest BCUT2D eigenvalue weighted by atomic mass is 9.83. The second-order valence-electron chi connectivity index (χ2n) is 6.11. The SMILES string of the molecule is COC(=O)C1CCSC12CN(c1ncnc3c1CCC3)C2. The minimum absolute atomic E-state index is 0.0404. The molecule has 2 saturated heterocycles. The van der Waals surface area contributed by atoms with E-state index >= 15 is 0 Å². The molecule has 0 bridgehead atoms. The topological polar surface area (TPSA) is 55.3 Å². The first-order chi connectivity index (χ1) is 10.2. The summed E-state index contributed by atoms with van der Waals surface area (Å²) in [6, 6.07) is 0. The van der Waals surface area contributed by atoms with Crippen LogP contribution in [0.25, 0.3) is 0 Å². The molecule has 1 atom stereocenters. The van der Waals surface area contributed by atoms with E-state index in [0.29, 0.717) is 0 Å². The number of aromatic nitrogens is 2. The van der Waals surface area contributed by atoms with Crippen molar-refractivity contribution < 1.29 is 9.53 Å². The maximum atomic E-state index is 12.0. The Morgan fingerprint density at radius 2 is 2.29 bits per heavy atom. The number of carbonyl (C=O) groups excluding carboxylic acids is 1. The summed E-state index contributed by atoms with van der Waals surface area (Å²) in [5.74, 6) is 2.14. The lowest BCUT2D eigenvalue weighted by molar-refractivity contribution is -0.146. The number of esters is 1. The fourth-order valence-corrected chi connectivity index (χ4v) is 5.56. The van der Waals surface area contributed by atoms with Crippen molar-refractivity contribution in [3.8, 4) is 0 Å². The molecule has 112 valence electrons. The molecule has 3 heterocycles. The molecule has 1 aromatic rings. The summed E-state index contributed by atoms with van der Waals surface area (Å²) in [5.41, 5.74) is 2.54. The highest BCUT2D eigenvalue weighted by atomic mass is 32.2. The van der Waals surface area contributed by atoms with Crippen LogP contribution < -0.4 is 4.90 Å². The summed E-state index contributed by atoms with van der Waals surface area (Å²) in [5, 5.41) is 0. The number of thioether (sulfide) groups is 1. The minimum Gasteiger partial charge on any atom is -0.469 e. The molecule has 2 fully saturated rings. The number of ether oxygens (including phenoxy) is 1. The van der Waals surface area contributed by atoms with Crippen LogP contribution in [0.5, 0.6) is 0 Å². The van der Waals surface area contributed by atoms with Gasteiger partial charge in [0.05, 0.1) is 17.8 Å². The van der Waals surface area contributed by atoms with Gasteiger partial charge in [0.1, 0.15) is 12.1 Å². The molecule has 0 radical (unpaired) electrons. The number of nitrogens with zero attached hydrogens (tertiary/aromatic N) is 3. The first-order valence-electron chi connectivity index (χ1n) is 7.53. The first kappa shape index (κ1) is 13.4. The Hall–Kier alpha value is -1.30. The molecule has 6 heteroatoms. The van der Waals surface area contributed by atoms with Gasteiger partial charge in [0, 0.05) is 24.3 Å². The predicted molar refractivity (Wildman–Crippen MR) is 81.6 cm³/mol. The molecule has 0 saturated carbocycles. The number of anilines is 1. The third-order valence-corrected chi connectivity index (χ3v) is 6.54. The average molecular weight is 305 g/mol. The maximum absolute atomic E-state index is 12.0. The Morgan fingerprint density at radius 1 is 1.43 bits per heavy atom. The van der Waals surface area contributed by atoms with Gasteiger partial charge in [0.25, 0.3) is 0 Å². The number of fused-ring (bicyclic) bond motifs is 1. The third-order valence-electron chi connectivity index (χ3n) is 4.99. The largest absolute Gasteiger partial charge is 0.469 e. The summed E-state index contributed by atoms with van der Waals surface area (Å²) in [6.07, 6.45) is 5.96. The van der Waals surface area contributed by atoms with Crippen molar-refractivity contribution in [3.05, 3.63) is 17.6 Å². The number of methoxy groups -OCH3 is 1. The van der Waals surface area contributed by atoms with Crippen LogP contribution in [0.2, 0.25) is 0 Å². The molecule has 0 N–H and O–H groups in total. The smallest absolute Gasteiger partial charge is 0.310 e. The van der Waals surface area contributed by atoms with Gasteiger partial charge in [0.2, 0.25) is 0 Å². The van der Waals surface area contributed by atoms with Crippen LogP contribution in [-0.4, -0.2) is 46.6 Å². The van der Waals surface area contributed by atoms with Gasteiger partial charge in [0.15, 0.2) is 0 Å². The quantitative estimate of drug-likeness (QED) is 0.771. The molecule has 1 aromatic heterocycles. The van der Waals surface area contributed by atoms with Crippen molar-refractivity contribution >= 4 is 23.5 Å². The molecule has 5 nitrogen and oxygen atoms in total. The Labute approximate surface area is 128 Å². The normalized spacial score (nSPS) is 25.8. The van der Waals surface area contributed by atoms with E-state index in [2.05, 4.69) is 14.9 Å². The minimum atomic E-state index is -0.0485. The molecular weight excluding hydrogens is 286 g/mol. The van der Waals surface area contributed by atoms with Crippen molar-refractivity contribution in [1.29, 1.82) is 0 Å². The van der Waals surface area contributed by atoms with Gasteiger partial charge in [-0.25, -0.2) is 9.97 Å². The van der Waals surface area contributed by atoms with Crippen molar-refractivity contribution in [1.82, 2.24) is 9.97 Å². The lowest BCUT2D eigenvalue weighted by Crippen LogP contribution is -2.63. The zero-order valence-corrected chi connectivity index (χ0v) is 13.0. The maximum Gasteiger partial charge on any atom is 0.310 e. The van der Waals surface area contributed by atoms with Crippen LogP contribution in [-0.2, 0) is 22.4 Å². The Bertz CT molecular complexity index is 586. The van der Waals surface area contributed by atoms with Gasteiger partial charge in [-0.3, -0.25) is 4.79 Å². The van der Waals surface area contributed by atoms with E-state index in [4.69, 9.17) is 4.74 Å². The summed E-state index contributed by atoms with van der Waals surface area (Å²) in [4.78, 5) is 23.2. The molecule has 3 aliphatic rings. The van der Waals surface area contributed by atoms with E-state index in [9.17, 15) is 4.79 Å². The summed E-state index contributed by atoms with van der Waals surface area (Å²) in [7, 11) is 1.49. The fourth-order valence-electron chi connectivity index (χ4n) is 3.89. The Balaban J connectivity index is 1.55.